The Labute approximate surface area is 96.6 Å². The van der Waals surface area contributed by atoms with E-state index in [0.717, 1.165) is 6.07 Å². The highest BCUT2D eigenvalue weighted by Crippen LogP contribution is 2.13. The molecule has 10 nitrogen and oxygen atoms in total. The molecule has 0 N–H and O–H groups in total. The third kappa shape index (κ3) is 1.71. The highest BCUT2D eigenvalue weighted by atomic mass is 16.6. The molecule has 90 valence electrons. The van der Waals surface area contributed by atoms with Crippen LogP contribution in [0.15, 0.2) is 22.1 Å². The number of non-ortho nitro benzene ring substituents is 2. The third-order valence-electron chi connectivity index (χ3n) is 2.08. The van der Waals surface area contributed by atoms with Crippen molar-refractivity contribution in [2.45, 2.75) is 0 Å². The first-order valence-electron chi connectivity index (χ1n) is 4.38. The van der Waals surface area contributed by atoms with E-state index in [4.69, 9.17) is 0 Å². The minimum atomic E-state index is -1.25. The molecule has 2 rings (SSSR count). The van der Waals surface area contributed by atoms with Crippen molar-refractivity contribution in [3.05, 3.63) is 43.1 Å². The van der Waals surface area contributed by atoms with Gasteiger partial charge in [-0.2, -0.15) is 4.99 Å². The Hall–Kier alpha value is -3.04. The van der Waals surface area contributed by atoms with E-state index in [2.05, 4.69) is 9.98 Å². The summed E-state index contributed by atoms with van der Waals surface area (Å²) in [7, 11) is 0. The van der Waals surface area contributed by atoms with Gasteiger partial charge in [-0.1, -0.05) is 0 Å². The summed E-state index contributed by atoms with van der Waals surface area (Å²) < 4.78 is 0. The Bertz CT molecular complexity index is 737. The van der Waals surface area contributed by atoms with Gasteiger partial charge < -0.3 is 0 Å². The van der Waals surface area contributed by atoms with E-state index in [0.29, 0.717) is 6.07 Å². The smallest absolute Gasteiger partial charge is 0.261 e. The molecule has 2 amide bonds. The van der Waals surface area contributed by atoms with Crippen LogP contribution in [0.5, 0.6) is 0 Å². The second kappa shape index (κ2) is 3.76. The summed E-state index contributed by atoms with van der Waals surface area (Å²) in [6, 6.07) is 1.50. The van der Waals surface area contributed by atoms with Gasteiger partial charge in [0.25, 0.3) is 5.69 Å². The Morgan fingerprint density at radius 1 is 0.944 bits per heavy atom. The van der Waals surface area contributed by atoms with Crippen molar-refractivity contribution < 1.29 is 19.4 Å². The molecule has 0 aliphatic carbocycles. The van der Waals surface area contributed by atoms with Gasteiger partial charge in [-0.05, 0) is 0 Å². The van der Waals surface area contributed by atoms with Gasteiger partial charge in [-0.15, -0.1) is 0 Å². The normalized spacial score (nSPS) is 13.3. The van der Waals surface area contributed by atoms with Crippen molar-refractivity contribution in [3.63, 3.8) is 0 Å². The number of nitrogens with zero attached hydrogens (tertiary/aromatic N) is 4. The molecular formula is C8H2N4O6. The fourth-order valence-corrected chi connectivity index (χ4v) is 1.34. The lowest BCUT2D eigenvalue weighted by molar-refractivity contribution is -0.395. The summed E-state index contributed by atoms with van der Waals surface area (Å²) in [5, 5.41) is 20.5. The first-order valence-corrected chi connectivity index (χ1v) is 4.38. The zero-order valence-electron chi connectivity index (χ0n) is 8.39. The maximum atomic E-state index is 11.0. The van der Waals surface area contributed by atoms with Crippen LogP contribution in [0.3, 0.4) is 0 Å². The van der Waals surface area contributed by atoms with Crippen LogP contribution in [0.25, 0.3) is 0 Å². The van der Waals surface area contributed by atoms with Crippen molar-refractivity contribution in [2.24, 2.45) is 9.98 Å². The van der Waals surface area contributed by atoms with Crippen LogP contribution in [0.4, 0.5) is 11.4 Å². The first kappa shape index (κ1) is 11.4. The quantitative estimate of drug-likeness (QED) is 0.366. The van der Waals surface area contributed by atoms with Crippen molar-refractivity contribution in [1.29, 1.82) is 0 Å². The molecule has 0 fully saturated rings. The number of hydrogen-bond donors (Lipinski definition) is 0. The van der Waals surface area contributed by atoms with Crippen LogP contribution in [0.1, 0.15) is 0 Å². The Kier molecular flexibility index (Phi) is 2.39. The lowest BCUT2D eigenvalue weighted by atomic mass is 10.2. The molecule has 0 atom stereocenters. The standard InChI is InChI=1S/C8H2N4O6/c13-7-8(14)10-6-4(9-7)1-3(11(15)16)2-5(6)12(17)18/h1-2H. The lowest BCUT2D eigenvalue weighted by Gasteiger charge is -1.98. The van der Waals surface area contributed by atoms with Crippen LogP contribution in [-0.2, 0) is 9.59 Å². The number of carbonyl (C=O) groups excluding carboxylic acids is 2. The molecule has 1 aromatic carbocycles. The number of nitro groups is 2. The third-order valence-corrected chi connectivity index (χ3v) is 2.08. The van der Waals surface area contributed by atoms with Crippen LogP contribution >= 0.6 is 0 Å². The molecule has 10 heteroatoms. The average molecular weight is 250 g/mol. The molecule has 0 saturated heterocycles. The maximum absolute atomic E-state index is 11.0. The number of hydrogen-bond acceptors (Lipinski definition) is 6. The van der Waals surface area contributed by atoms with Gasteiger partial charge in [0.15, 0.2) is 5.36 Å². The minimum absolute atomic E-state index is 0.361. The van der Waals surface area contributed by atoms with Crippen LogP contribution < -0.4 is 10.7 Å². The predicted molar refractivity (Wildman–Crippen MR) is 52.1 cm³/mol. The minimum Gasteiger partial charge on any atom is -0.261 e. The number of amides is 2. The number of benzene rings is 1. The van der Waals surface area contributed by atoms with Gasteiger partial charge in [0.05, 0.1) is 15.9 Å². The van der Waals surface area contributed by atoms with E-state index < -0.39 is 38.4 Å². The van der Waals surface area contributed by atoms with Gasteiger partial charge >= 0.3 is 17.5 Å². The molecular weight excluding hydrogens is 248 g/mol. The van der Waals surface area contributed by atoms with E-state index in [9.17, 15) is 29.8 Å². The molecule has 18 heavy (non-hydrogen) atoms. The molecule has 0 unspecified atom stereocenters. The van der Waals surface area contributed by atoms with E-state index in [1.807, 2.05) is 0 Å². The summed E-state index contributed by atoms with van der Waals surface area (Å²) in [5.41, 5.74) is -1.36. The summed E-state index contributed by atoms with van der Waals surface area (Å²) in [6.07, 6.45) is 0. The van der Waals surface area contributed by atoms with Gasteiger partial charge in [-0.3, -0.25) is 29.8 Å². The van der Waals surface area contributed by atoms with E-state index in [1.54, 1.807) is 0 Å². The van der Waals surface area contributed by atoms with Crippen molar-refractivity contribution >= 4 is 23.2 Å². The van der Waals surface area contributed by atoms with Gasteiger partial charge in [0.1, 0.15) is 5.36 Å². The Morgan fingerprint density at radius 2 is 1.56 bits per heavy atom. The fraction of sp³-hybridized carbons (Fsp3) is 0. The van der Waals surface area contributed by atoms with Crippen LogP contribution in [-0.4, -0.2) is 21.7 Å². The Morgan fingerprint density at radius 3 is 2.11 bits per heavy atom. The van der Waals surface area contributed by atoms with Crippen molar-refractivity contribution in [2.75, 3.05) is 0 Å². The molecule has 0 aromatic heterocycles. The van der Waals surface area contributed by atoms with Crippen molar-refractivity contribution in [3.8, 4) is 0 Å². The van der Waals surface area contributed by atoms with Crippen LogP contribution in [0, 0.1) is 20.2 Å². The maximum Gasteiger partial charge on any atom is 0.338 e. The number of rotatable bonds is 2. The highest BCUT2D eigenvalue weighted by Gasteiger charge is 2.24. The van der Waals surface area contributed by atoms with E-state index in [1.165, 1.54) is 0 Å². The molecule has 1 heterocycles. The zero-order chi connectivity index (χ0) is 13.4. The summed E-state index contributed by atoms with van der Waals surface area (Å²) >= 11 is 0. The molecule has 1 aliphatic rings. The van der Waals surface area contributed by atoms with Gasteiger partial charge in [0, 0.05) is 6.07 Å². The Balaban J connectivity index is 2.93. The summed E-state index contributed by atoms with van der Waals surface area (Å²) in [4.78, 5) is 47.9. The lowest BCUT2D eigenvalue weighted by Crippen LogP contribution is -2.36. The fourth-order valence-electron chi connectivity index (χ4n) is 1.34. The largest absolute Gasteiger partial charge is 0.338 e. The van der Waals surface area contributed by atoms with Crippen molar-refractivity contribution in [1.82, 2.24) is 0 Å². The predicted octanol–water partition coefficient (Wildman–Crippen LogP) is -1.19. The number of nitro benzene ring substituents is 2. The van der Waals surface area contributed by atoms with Crippen LogP contribution in [0.2, 0.25) is 0 Å². The van der Waals surface area contributed by atoms with Gasteiger partial charge in [0.2, 0.25) is 0 Å². The summed E-state index contributed by atoms with van der Waals surface area (Å²) in [5.74, 6) is -2.48. The highest BCUT2D eigenvalue weighted by molar-refractivity contribution is 6.36. The molecule has 0 bridgehead atoms. The van der Waals surface area contributed by atoms with E-state index >= 15 is 0 Å². The molecule has 0 saturated carbocycles. The second-order valence-electron chi connectivity index (χ2n) is 3.18. The SMILES string of the molecule is O=C1N=c2cc([N+](=O)[O-])cc([N+](=O)[O-])c2=NC1=O. The number of carbonyl (C=O) groups is 2. The second-order valence-corrected chi connectivity index (χ2v) is 3.18. The monoisotopic (exact) mass is 250 g/mol. The summed E-state index contributed by atoms with van der Waals surface area (Å²) in [6.45, 7) is 0. The van der Waals surface area contributed by atoms with Gasteiger partial charge in [-0.25, -0.2) is 4.99 Å². The first-order chi connectivity index (χ1) is 8.40. The number of fused-ring (bicyclic) bond motifs is 1. The molecule has 1 aromatic rings. The average Bonchev–Trinajstić information content (AvgIpc) is 2.29. The van der Waals surface area contributed by atoms with E-state index in [-0.39, 0.29) is 5.36 Å². The molecule has 1 aliphatic heterocycles. The molecule has 0 radical (unpaired) electrons. The topological polar surface area (TPSA) is 145 Å². The zero-order valence-corrected chi connectivity index (χ0v) is 8.39. The molecule has 0 spiro atoms.